The highest BCUT2D eigenvalue weighted by molar-refractivity contribution is 4.74. The van der Waals surface area contributed by atoms with E-state index in [9.17, 15) is 5.11 Å². The molecule has 1 unspecified atom stereocenters. The van der Waals surface area contributed by atoms with Crippen molar-refractivity contribution in [1.29, 1.82) is 0 Å². The summed E-state index contributed by atoms with van der Waals surface area (Å²) in [4.78, 5) is 0. The van der Waals surface area contributed by atoms with Crippen LogP contribution < -0.4 is 0 Å². The van der Waals surface area contributed by atoms with Crippen molar-refractivity contribution < 1.29 is 5.11 Å². The van der Waals surface area contributed by atoms with Gasteiger partial charge in [-0.3, -0.25) is 0 Å². The maximum Gasteiger partial charge on any atom is 0.0568 e. The van der Waals surface area contributed by atoms with E-state index in [0.29, 0.717) is 5.92 Å². The summed E-state index contributed by atoms with van der Waals surface area (Å²) >= 11 is 0. The Morgan fingerprint density at radius 1 is 1.07 bits per heavy atom. The third kappa shape index (κ3) is 4.45. The van der Waals surface area contributed by atoms with Crippen LogP contribution >= 0.6 is 0 Å². The molecule has 0 saturated heterocycles. The van der Waals surface area contributed by atoms with Gasteiger partial charge in [-0.15, -0.1) is 0 Å². The molecule has 0 aromatic rings. The van der Waals surface area contributed by atoms with E-state index >= 15 is 0 Å². The Morgan fingerprint density at radius 3 is 2.21 bits per heavy atom. The highest BCUT2D eigenvalue weighted by atomic mass is 16.3. The largest absolute Gasteiger partial charge is 0.393 e. The highest BCUT2D eigenvalue weighted by Gasteiger charge is 2.22. The van der Waals surface area contributed by atoms with Crippen LogP contribution in [0.1, 0.15) is 65.2 Å². The van der Waals surface area contributed by atoms with Crippen molar-refractivity contribution >= 4 is 0 Å². The molecule has 1 rings (SSSR count). The van der Waals surface area contributed by atoms with Crippen LogP contribution in [0.15, 0.2) is 0 Å². The molecule has 0 bridgehead atoms. The smallest absolute Gasteiger partial charge is 0.0568 e. The molecule has 84 valence electrons. The van der Waals surface area contributed by atoms with Crippen molar-refractivity contribution in [3.63, 3.8) is 0 Å². The lowest BCUT2D eigenvalue weighted by atomic mass is 9.95. The zero-order valence-corrected chi connectivity index (χ0v) is 9.84. The summed E-state index contributed by atoms with van der Waals surface area (Å²) in [6.45, 7) is 4.54. The molecule has 1 heteroatoms. The van der Waals surface area contributed by atoms with E-state index in [0.717, 1.165) is 12.3 Å². The van der Waals surface area contributed by atoms with Gasteiger partial charge in [-0.1, -0.05) is 46.0 Å². The molecule has 0 heterocycles. The van der Waals surface area contributed by atoms with Crippen molar-refractivity contribution in [3.05, 3.63) is 0 Å². The molecule has 1 N–H and O–H groups in total. The van der Waals surface area contributed by atoms with Gasteiger partial charge in [0.05, 0.1) is 6.10 Å². The molecule has 1 saturated carbocycles. The number of unbranched alkanes of at least 4 members (excludes halogenated alkanes) is 1. The van der Waals surface area contributed by atoms with Gasteiger partial charge in [-0.2, -0.15) is 0 Å². The Hall–Kier alpha value is -0.0400. The standard InChI is InChI=1S/C13H26O/c1-11(2)7-3-6-10-13(14)12-8-4-5-9-12/h11-14H,3-10H2,1-2H3. The minimum Gasteiger partial charge on any atom is -0.393 e. The Balaban J connectivity index is 1.99. The quantitative estimate of drug-likeness (QED) is 0.644. The van der Waals surface area contributed by atoms with Crippen LogP contribution in [-0.2, 0) is 0 Å². The first-order valence-electron chi connectivity index (χ1n) is 6.38. The molecule has 0 amide bonds. The average molecular weight is 198 g/mol. The zero-order chi connectivity index (χ0) is 10.4. The van der Waals surface area contributed by atoms with Gasteiger partial charge in [0.1, 0.15) is 0 Å². The molecule has 1 atom stereocenters. The summed E-state index contributed by atoms with van der Waals surface area (Å²) in [5.74, 6) is 1.45. The average Bonchev–Trinajstić information content (AvgIpc) is 2.64. The molecule has 1 nitrogen and oxygen atoms in total. The van der Waals surface area contributed by atoms with E-state index < -0.39 is 0 Å². The first-order chi connectivity index (χ1) is 6.70. The topological polar surface area (TPSA) is 20.2 Å². The van der Waals surface area contributed by atoms with Crippen LogP contribution in [0.4, 0.5) is 0 Å². The molecule has 0 aromatic heterocycles. The number of aliphatic hydroxyl groups excluding tert-OH is 1. The lowest BCUT2D eigenvalue weighted by molar-refractivity contribution is 0.0986. The molecule has 1 aliphatic carbocycles. The van der Waals surface area contributed by atoms with Gasteiger partial charge in [0.25, 0.3) is 0 Å². The van der Waals surface area contributed by atoms with E-state index in [1.54, 1.807) is 0 Å². The van der Waals surface area contributed by atoms with Gasteiger partial charge in [0.15, 0.2) is 0 Å². The zero-order valence-electron chi connectivity index (χ0n) is 9.84. The number of rotatable bonds is 6. The molecule has 1 aliphatic rings. The van der Waals surface area contributed by atoms with E-state index in [4.69, 9.17) is 0 Å². The summed E-state index contributed by atoms with van der Waals surface area (Å²) in [6, 6.07) is 0. The Labute approximate surface area is 88.9 Å². The van der Waals surface area contributed by atoms with Gasteiger partial charge in [0.2, 0.25) is 0 Å². The SMILES string of the molecule is CC(C)CCCCC(O)C1CCCC1. The van der Waals surface area contributed by atoms with Gasteiger partial charge < -0.3 is 5.11 Å². The molecule has 14 heavy (non-hydrogen) atoms. The molecule has 1 fully saturated rings. The number of hydrogen-bond acceptors (Lipinski definition) is 1. The van der Waals surface area contributed by atoms with Gasteiger partial charge in [-0.25, -0.2) is 0 Å². The summed E-state index contributed by atoms with van der Waals surface area (Å²) in [7, 11) is 0. The van der Waals surface area contributed by atoms with Gasteiger partial charge in [0, 0.05) is 0 Å². The van der Waals surface area contributed by atoms with E-state index in [2.05, 4.69) is 13.8 Å². The van der Waals surface area contributed by atoms with Gasteiger partial charge >= 0.3 is 0 Å². The van der Waals surface area contributed by atoms with Crippen LogP contribution in [-0.4, -0.2) is 11.2 Å². The molecular formula is C13H26O. The lowest BCUT2D eigenvalue weighted by Gasteiger charge is -2.17. The minimum atomic E-state index is 0.00432. The van der Waals surface area contributed by atoms with Crippen LogP contribution in [0.2, 0.25) is 0 Å². The second-order valence-electron chi connectivity index (χ2n) is 5.29. The van der Waals surface area contributed by atoms with E-state index in [1.165, 1.54) is 44.9 Å². The van der Waals surface area contributed by atoms with Crippen molar-refractivity contribution in [2.75, 3.05) is 0 Å². The Morgan fingerprint density at radius 2 is 1.64 bits per heavy atom. The minimum absolute atomic E-state index is 0.00432. The predicted molar refractivity (Wildman–Crippen MR) is 61.3 cm³/mol. The predicted octanol–water partition coefficient (Wildman–Crippen LogP) is 3.75. The monoisotopic (exact) mass is 198 g/mol. The fraction of sp³-hybridized carbons (Fsp3) is 1.00. The molecular weight excluding hydrogens is 172 g/mol. The Kier molecular flexibility index (Phi) is 5.54. The van der Waals surface area contributed by atoms with Crippen molar-refractivity contribution in [1.82, 2.24) is 0 Å². The number of aliphatic hydroxyl groups is 1. The van der Waals surface area contributed by atoms with Crippen molar-refractivity contribution in [2.24, 2.45) is 11.8 Å². The summed E-state index contributed by atoms with van der Waals surface area (Å²) in [5.41, 5.74) is 0. The Bertz CT molecular complexity index is 136. The third-order valence-corrected chi connectivity index (χ3v) is 3.48. The number of hydrogen-bond donors (Lipinski definition) is 1. The second kappa shape index (κ2) is 6.44. The molecule has 0 aliphatic heterocycles. The first kappa shape index (κ1) is 12.0. The lowest BCUT2D eigenvalue weighted by Crippen LogP contribution is -2.17. The van der Waals surface area contributed by atoms with E-state index in [1.807, 2.05) is 0 Å². The maximum atomic E-state index is 9.91. The van der Waals surface area contributed by atoms with Crippen LogP contribution in [0.25, 0.3) is 0 Å². The van der Waals surface area contributed by atoms with Crippen LogP contribution in [0, 0.1) is 11.8 Å². The molecule has 0 aromatic carbocycles. The fourth-order valence-corrected chi connectivity index (χ4v) is 2.48. The van der Waals surface area contributed by atoms with Crippen LogP contribution in [0.5, 0.6) is 0 Å². The van der Waals surface area contributed by atoms with Crippen LogP contribution in [0.3, 0.4) is 0 Å². The normalized spacial score (nSPS) is 20.6. The third-order valence-electron chi connectivity index (χ3n) is 3.48. The summed E-state index contributed by atoms with van der Waals surface area (Å²) in [6.07, 6.45) is 10.1. The fourth-order valence-electron chi connectivity index (χ4n) is 2.48. The second-order valence-corrected chi connectivity index (χ2v) is 5.29. The summed E-state index contributed by atoms with van der Waals surface area (Å²) in [5, 5.41) is 9.91. The summed E-state index contributed by atoms with van der Waals surface area (Å²) < 4.78 is 0. The molecule has 0 radical (unpaired) electrons. The van der Waals surface area contributed by atoms with E-state index in [-0.39, 0.29) is 6.10 Å². The van der Waals surface area contributed by atoms with Crippen molar-refractivity contribution in [3.8, 4) is 0 Å². The first-order valence-corrected chi connectivity index (χ1v) is 6.38. The highest BCUT2D eigenvalue weighted by Crippen LogP contribution is 2.29. The van der Waals surface area contributed by atoms with Gasteiger partial charge in [-0.05, 0) is 31.1 Å². The molecule has 0 spiro atoms. The van der Waals surface area contributed by atoms with Crippen molar-refractivity contribution in [2.45, 2.75) is 71.3 Å². The maximum absolute atomic E-state index is 9.91.